The van der Waals surface area contributed by atoms with E-state index in [1.807, 2.05) is 12.1 Å². The number of likely N-dealkylation sites (tertiary alicyclic amines) is 1. The molecule has 2 fully saturated rings. The molecule has 6 nitrogen and oxygen atoms in total. The highest BCUT2D eigenvalue weighted by atomic mass is 19.1. The number of halogens is 2. The molecule has 1 amide bonds. The van der Waals surface area contributed by atoms with Gasteiger partial charge in [0, 0.05) is 55.4 Å². The van der Waals surface area contributed by atoms with Crippen molar-refractivity contribution in [3.63, 3.8) is 0 Å². The summed E-state index contributed by atoms with van der Waals surface area (Å²) in [4.78, 5) is 31.8. The Morgan fingerprint density at radius 3 is 2.56 bits per heavy atom. The maximum Gasteiger partial charge on any atom is 0.256 e. The fraction of sp³-hybridized carbons (Fsp3) is 0.385. The number of carbonyl (C=O) groups excluding carboxylic acids is 1. The molecule has 3 heterocycles. The third-order valence-corrected chi connectivity index (χ3v) is 7.26. The van der Waals surface area contributed by atoms with Crippen molar-refractivity contribution < 1.29 is 13.6 Å². The van der Waals surface area contributed by atoms with Crippen LogP contribution in [0.5, 0.6) is 0 Å². The zero-order valence-electron chi connectivity index (χ0n) is 19.1. The highest BCUT2D eigenvalue weighted by molar-refractivity contribution is 5.94. The van der Waals surface area contributed by atoms with Crippen molar-refractivity contribution in [2.75, 3.05) is 38.1 Å². The summed E-state index contributed by atoms with van der Waals surface area (Å²) in [7, 11) is 1.49. The molecule has 2 aliphatic rings. The number of rotatable bonds is 4. The Balaban J connectivity index is 1.22. The fourth-order valence-electron chi connectivity index (χ4n) is 5.35. The van der Waals surface area contributed by atoms with E-state index in [-0.39, 0.29) is 17.0 Å². The van der Waals surface area contributed by atoms with Crippen LogP contribution in [0.3, 0.4) is 0 Å². The van der Waals surface area contributed by atoms with Crippen molar-refractivity contribution in [3.05, 3.63) is 75.7 Å². The number of fused-ring (bicyclic) bond motifs is 1. The number of carbonyl (C=O) groups is 1. The fourth-order valence-corrected chi connectivity index (χ4v) is 5.35. The summed E-state index contributed by atoms with van der Waals surface area (Å²) < 4.78 is 27.9. The van der Waals surface area contributed by atoms with E-state index in [9.17, 15) is 18.4 Å². The number of pyridine rings is 1. The van der Waals surface area contributed by atoms with Gasteiger partial charge in [0.25, 0.3) is 11.5 Å². The lowest BCUT2D eigenvalue weighted by Crippen LogP contribution is -2.44. The number of piperidine rings is 1. The average molecular weight is 467 g/mol. The van der Waals surface area contributed by atoms with E-state index in [2.05, 4.69) is 20.1 Å². The van der Waals surface area contributed by atoms with Crippen LogP contribution in [-0.2, 0) is 0 Å². The van der Waals surface area contributed by atoms with Gasteiger partial charge >= 0.3 is 0 Å². The van der Waals surface area contributed by atoms with Crippen molar-refractivity contribution in [1.29, 1.82) is 0 Å². The van der Waals surface area contributed by atoms with Gasteiger partial charge in [-0.3, -0.25) is 14.5 Å². The lowest BCUT2D eigenvalue weighted by atomic mass is 10.0. The Bertz CT molecular complexity index is 1280. The van der Waals surface area contributed by atoms with Crippen LogP contribution in [0.1, 0.15) is 41.2 Å². The quantitative estimate of drug-likeness (QED) is 0.616. The van der Waals surface area contributed by atoms with Crippen molar-refractivity contribution in [3.8, 4) is 0 Å². The summed E-state index contributed by atoms with van der Waals surface area (Å²) in [6, 6.07) is 11.5. The number of hydrogen-bond acceptors (Lipinski definition) is 4. The number of hydrogen-bond donors (Lipinski definition) is 2. The number of amides is 1. The second-order valence-corrected chi connectivity index (χ2v) is 9.23. The molecule has 2 aromatic carbocycles. The smallest absolute Gasteiger partial charge is 0.256 e. The van der Waals surface area contributed by atoms with Crippen molar-refractivity contribution in [2.45, 2.75) is 31.2 Å². The molecule has 2 aliphatic heterocycles. The van der Waals surface area contributed by atoms with Gasteiger partial charge in [0.05, 0.1) is 5.56 Å². The molecule has 2 saturated heterocycles. The lowest BCUT2D eigenvalue weighted by molar-refractivity contribution is 0.0959. The van der Waals surface area contributed by atoms with Crippen LogP contribution in [0.2, 0.25) is 0 Å². The summed E-state index contributed by atoms with van der Waals surface area (Å²) in [5, 5.41) is 3.60. The molecule has 0 bridgehead atoms. The van der Waals surface area contributed by atoms with E-state index in [1.54, 1.807) is 12.1 Å². The molecule has 0 saturated carbocycles. The SMILES string of the molecule is CNC(=O)c1ccc(N2CCC(N3CCC(c4cc5ccc(F)cc5c(=O)[nH]4)C3)CC2)cc1F. The molecular weight excluding hydrogens is 438 g/mol. The Morgan fingerprint density at radius 2 is 1.82 bits per heavy atom. The summed E-state index contributed by atoms with van der Waals surface area (Å²) in [6.07, 6.45) is 2.91. The predicted molar refractivity (Wildman–Crippen MR) is 128 cm³/mol. The molecule has 1 atom stereocenters. The number of nitrogens with one attached hydrogen (secondary N) is 2. The molecule has 8 heteroatoms. The summed E-state index contributed by atoms with van der Waals surface area (Å²) in [6.45, 7) is 3.49. The third-order valence-electron chi connectivity index (χ3n) is 7.26. The first kappa shape index (κ1) is 22.5. The maximum atomic E-state index is 14.4. The molecular formula is C26H28F2N4O2. The van der Waals surface area contributed by atoms with E-state index < -0.39 is 17.5 Å². The lowest BCUT2D eigenvalue weighted by Gasteiger charge is -2.38. The monoisotopic (exact) mass is 466 g/mol. The van der Waals surface area contributed by atoms with E-state index >= 15 is 0 Å². The highest BCUT2D eigenvalue weighted by Crippen LogP contribution is 2.32. The van der Waals surface area contributed by atoms with Gasteiger partial charge in [-0.25, -0.2) is 8.78 Å². The van der Waals surface area contributed by atoms with Gasteiger partial charge in [-0.2, -0.15) is 0 Å². The minimum absolute atomic E-state index is 0.0566. The second kappa shape index (κ2) is 9.18. The summed E-state index contributed by atoms with van der Waals surface area (Å²) in [5.41, 5.74) is 1.53. The van der Waals surface area contributed by atoms with Gasteiger partial charge < -0.3 is 15.2 Å². The van der Waals surface area contributed by atoms with E-state index in [4.69, 9.17) is 0 Å². The topological polar surface area (TPSA) is 68.4 Å². The van der Waals surface area contributed by atoms with Crippen molar-refractivity contribution >= 4 is 22.4 Å². The van der Waals surface area contributed by atoms with Crippen LogP contribution in [-0.4, -0.2) is 55.1 Å². The number of aromatic amines is 1. The molecule has 0 radical (unpaired) electrons. The van der Waals surface area contributed by atoms with Crippen molar-refractivity contribution in [1.82, 2.24) is 15.2 Å². The van der Waals surface area contributed by atoms with E-state index in [0.717, 1.165) is 62.2 Å². The summed E-state index contributed by atoms with van der Waals surface area (Å²) >= 11 is 0. The van der Waals surface area contributed by atoms with Gasteiger partial charge in [-0.1, -0.05) is 6.07 Å². The number of nitrogens with zero attached hydrogens (tertiary/aromatic N) is 2. The van der Waals surface area contributed by atoms with Crippen molar-refractivity contribution in [2.24, 2.45) is 0 Å². The molecule has 1 unspecified atom stereocenters. The molecule has 5 rings (SSSR count). The van der Waals surface area contributed by atoms with Crippen LogP contribution in [0.4, 0.5) is 14.5 Å². The molecule has 178 valence electrons. The number of anilines is 1. The van der Waals surface area contributed by atoms with Gasteiger partial charge in [0.1, 0.15) is 11.6 Å². The molecule has 2 N–H and O–H groups in total. The first-order valence-electron chi connectivity index (χ1n) is 11.8. The largest absolute Gasteiger partial charge is 0.371 e. The standard InChI is InChI=1S/C26H28F2N4O2/c1-29-25(33)21-5-4-20(14-23(21)28)31-10-7-19(8-11-31)32-9-6-17(15-32)24-12-16-2-3-18(27)13-22(16)26(34)30-24/h2-5,12-14,17,19H,6-11,15H2,1H3,(H,29,33)(H,30,34). The molecule has 34 heavy (non-hydrogen) atoms. The number of H-pyrrole nitrogens is 1. The Kier molecular flexibility index (Phi) is 6.08. The maximum absolute atomic E-state index is 14.4. The van der Waals surface area contributed by atoms with Crippen LogP contribution in [0.15, 0.2) is 47.3 Å². The summed E-state index contributed by atoms with van der Waals surface area (Å²) in [5.74, 6) is -1.10. The molecule has 1 aromatic heterocycles. The number of benzene rings is 2. The van der Waals surface area contributed by atoms with Crippen LogP contribution in [0.25, 0.3) is 10.8 Å². The minimum Gasteiger partial charge on any atom is -0.371 e. The van der Waals surface area contributed by atoms with Gasteiger partial charge in [0.15, 0.2) is 0 Å². The van der Waals surface area contributed by atoms with Gasteiger partial charge in [-0.05, 0) is 67.6 Å². The minimum atomic E-state index is -0.506. The normalized spacial score (nSPS) is 19.6. The van der Waals surface area contributed by atoms with Gasteiger partial charge in [-0.15, -0.1) is 0 Å². The first-order valence-corrected chi connectivity index (χ1v) is 11.8. The highest BCUT2D eigenvalue weighted by Gasteiger charge is 2.32. The average Bonchev–Trinajstić information content (AvgIpc) is 3.34. The third kappa shape index (κ3) is 4.30. The number of aromatic nitrogens is 1. The van der Waals surface area contributed by atoms with Crippen LogP contribution in [0, 0.1) is 11.6 Å². The zero-order valence-corrected chi connectivity index (χ0v) is 19.1. The second-order valence-electron chi connectivity index (χ2n) is 9.23. The first-order chi connectivity index (χ1) is 16.4. The molecule has 0 spiro atoms. The Labute approximate surface area is 196 Å². The van der Waals surface area contributed by atoms with Crippen LogP contribution >= 0.6 is 0 Å². The Morgan fingerprint density at radius 1 is 1.03 bits per heavy atom. The van der Waals surface area contributed by atoms with Crippen LogP contribution < -0.4 is 15.8 Å². The molecule has 3 aromatic rings. The Hall–Kier alpha value is -3.26. The van der Waals surface area contributed by atoms with E-state index in [1.165, 1.54) is 25.2 Å². The predicted octanol–water partition coefficient (Wildman–Crippen LogP) is 3.62. The van der Waals surface area contributed by atoms with Gasteiger partial charge in [0.2, 0.25) is 0 Å². The van der Waals surface area contributed by atoms with E-state index in [0.29, 0.717) is 11.4 Å². The zero-order chi connectivity index (χ0) is 23.8. The molecule has 0 aliphatic carbocycles.